The molecule has 2 rings (SSSR count). The summed E-state index contributed by atoms with van der Waals surface area (Å²) in [6, 6.07) is 2.00. The van der Waals surface area contributed by atoms with Crippen LogP contribution in [0.4, 0.5) is 0 Å². The van der Waals surface area contributed by atoms with Gasteiger partial charge in [-0.1, -0.05) is 5.16 Å². The molecule has 6 heteroatoms. The quantitative estimate of drug-likeness (QED) is 0.734. The highest BCUT2D eigenvalue weighted by Gasteiger charge is 2.21. The Morgan fingerprint density at radius 2 is 2.24 bits per heavy atom. The summed E-state index contributed by atoms with van der Waals surface area (Å²) in [5.41, 5.74) is 0.785. The maximum absolute atomic E-state index is 11.9. The number of carbonyl (C=O) groups excluding carboxylic acids is 1. The van der Waals surface area contributed by atoms with Crippen molar-refractivity contribution in [3.63, 3.8) is 0 Å². The highest BCUT2D eigenvalue weighted by molar-refractivity contribution is 5.79. The summed E-state index contributed by atoms with van der Waals surface area (Å²) in [5.74, 6) is 0.412. The highest BCUT2D eigenvalue weighted by atomic mass is 16.5. The van der Waals surface area contributed by atoms with Gasteiger partial charge in [0, 0.05) is 13.1 Å². The molecule has 2 heterocycles. The highest BCUT2D eigenvalue weighted by Crippen LogP contribution is 2.13. The van der Waals surface area contributed by atoms with Crippen molar-refractivity contribution in [2.24, 2.45) is 0 Å². The number of morpholine rings is 1. The van der Waals surface area contributed by atoms with E-state index in [9.17, 15) is 4.79 Å². The van der Waals surface area contributed by atoms with Gasteiger partial charge in [-0.05, 0) is 6.92 Å². The van der Waals surface area contributed by atoms with Gasteiger partial charge in [0.25, 0.3) is 0 Å². The molecule has 1 aromatic rings. The Bertz CT molecular complexity index is 455. The Morgan fingerprint density at radius 1 is 1.53 bits per heavy atom. The van der Waals surface area contributed by atoms with Crippen LogP contribution in [0.5, 0.6) is 0 Å². The second kappa shape index (κ2) is 4.97. The van der Waals surface area contributed by atoms with Crippen LogP contribution in [0.2, 0.25) is 0 Å². The minimum absolute atomic E-state index is 0.0434. The van der Waals surface area contributed by atoms with Crippen molar-refractivity contribution in [1.29, 1.82) is 5.26 Å². The van der Waals surface area contributed by atoms with Crippen LogP contribution in [0, 0.1) is 18.3 Å². The molecule has 0 spiro atoms. The number of hydrogen-bond donors (Lipinski definition) is 0. The van der Waals surface area contributed by atoms with Gasteiger partial charge < -0.3 is 14.2 Å². The van der Waals surface area contributed by atoms with E-state index in [1.54, 1.807) is 11.8 Å². The first-order chi connectivity index (χ1) is 8.22. The first-order valence-electron chi connectivity index (χ1n) is 5.43. The van der Waals surface area contributed by atoms with Gasteiger partial charge in [-0.25, -0.2) is 0 Å². The van der Waals surface area contributed by atoms with E-state index in [0.717, 1.165) is 0 Å². The van der Waals surface area contributed by atoms with Crippen LogP contribution in [0.3, 0.4) is 0 Å². The van der Waals surface area contributed by atoms with Gasteiger partial charge in [0.1, 0.15) is 17.3 Å². The van der Waals surface area contributed by atoms with Crippen LogP contribution in [0.1, 0.15) is 17.0 Å². The van der Waals surface area contributed by atoms with E-state index < -0.39 is 0 Å². The summed E-state index contributed by atoms with van der Waals surface area (Å²) >= 11 is 0. The molecule has 90 valence electrons. The normalized spacial score (nSPS) is 15.6. The number of aromatic nitrogens is 1. The van der Waals surface area contributed by atoms with E-state index >= 15 is 0 Å². The lowest BCUT2D eigenvalue weighted by Crippen LogP contribution is -2.41. The number of amides is 1. The summed E-state index contributed by atoms with van der Waals surface area (Å²) in [6.07, 6.45) is 0.111. The zero-order chi connectivity index (χ0) is 12.3. The van der Waals surface area contributed by atoms with E-state index in [0.29, 0.717) is 43.3 Å². The molecule has 1 aromatic heterocycles. The van der Waals surface area contributed by atoms with Crippen molar-refractivity contribution in [2.75, 3.05) is 26.3 Å². The summed E-state index contributed by atoms with van der Waals surface area (Å²) < 4.78 is 10.1. The molecule has 0 aromatic carbocycles. The third kappa shape index (κ3) is 2.45. The fourth-order valence-electron chi connectivity index (χ4n) is 1.75. The van der Waals surface area contributed by atoms with E-state index in [1.165, 1.54) is 0 Å². The van der Waals surface area contributed by atoms with Gasteiger partial charge in [-0.2, -0.15) is 5.26 Å². The predicted molar refractivity (Wildman–Crippen MR) is 57.1 cm³/mol. The number of aryl methyl sites for hydroxylation is 1. The smallest absolute Gasteiger partial charge is 0.228 e. The molecular weight excluding hydrogens is 222 g/mol. The number of rotatable bonds is 2. The molecule has 0 atom stereocenters. The third-order valence-corrected chi connectivity index (χ3v) is 2.73. The molecule has 17 heavy (non-hydrogen) atoms. The van der Waals surface area contributed by atoms with Crippen LogP contribution >= 0.6 is 0 Å². The Balaban J connectivity index is 2.05. The number of nitrogens with zero attached hydrogens (tertiary/aromatic N) is 3. The largest absolute Gasteiger partial charge is 0.378 e. The molecule has 1 aliphatic heterocycles. The molecule has 0 unspecified atom stereocenters. The van der Waals surface area contributed by atoms with Crippen LogP contribution in [0.25, 0.3) is 0 Å². The van der Waals surface area contributed by atoms with Gasteiger partial charge in [-0.15, -0.1) is 0 Å². The van der Waals surface area contributed by atoms with Crippen molar-refractivity contribution < 1.29 is 14.1 Å². The first kappa shape index (κ1) is 11.6. The molecule has 0 radical (unpaired) electrons. The van der Waals surface area contributed by atoms with Crippen molar-refractivity contribution in [2.45, 2.75) is 13.3 Å². The van der Waals surface area contributed by atoms with E-state index in [4.69, 9.17) is 14.5 Å². The number of ether oxygens (including phenoxy) is 1. The average Bonchev–Trinajstić information content (AvgIpc) is 2.71. The van der Waals surface area contributed by atoms with Crippen LogP contribution in [-0.4, -0.2) is 42.3 Å². The Kier molecular flexibility index (Phi) is 3.40. The zero-order valence-corrected chi connectivity index (χ0v) is 9.60. The van der Waals surface area contributed by atoms with Gasteiger partial charge >= 0.3 is 0 Å². The van der Waals surface area contributed by atoms with E-state index in [1.807, 2.05) is 6.07 Å². The van der Waals surface area contributed by atoms with E-state index in [-0.39, 0.29) is 12.3 Å². The second-order valence-corrected chi connectivity index (χ2v) is 3.84. The minimum atomic E-state index is -0.0434. The Labute approximate surface area is 98.7 Å². The molecule has 6 nitrogen and oxygen atoms in total. The maximum Gasteiger partial charge on any atom is 0.228 e. The van der Waals surface area contributed by atoms with Crippen LogP contribution in [0.15, 0.2) is 4.52 Å². The molecule has 1 saturated heterocycles. The summed E-state index contributed by atoms with van der Waals surface area (Å²) in [4.78, 5) is 13.6. The monoisotopic (exact) mass is 235 g/mol. The first-order valence-corrected chi connectivity index (χ1v) is 5.43. The summed E-state index contributed by atoms with van der Waals surface area (Å²) in [5, 5.41) is 12.7. The summed E-state index contributed by atoms with van der Waals surface area (Å²) in [6.45, 7) is 3.98. The lowest BCUT2D eigenvalue weighted by atomic mass is 10.1. The van der Waals surface area contributed by atoms with Crippen LogP contribution < -0.4 is 0 Å². The lowest BCUT2D eigenvalue weighted by Gasteiger charge is -2.26. The molecule has 1 aliphatic rings. The van der Waals surface area contributed by atoms with Gasteiger partial charge in [0.15, 0.2) is 5.76 Å². The van der Waals surface area contributed by atoms with Crippen LogP contribution in [-0.2, 0) is 16.0 Å². The molecule has 0 N–H and O–H groups in total. The minimum Gasteiger partial charge on any atom is -0.378 e. The molecule has 0 aliphatic carbocycles. The van der Waals surface area contributed by atoms with Crippen molar-refractivity contribution in [1.82, 2.24) is 10.1 Å². The molecule has 0 bridgehead atoms. The molecule has 1 amide bonds. The SMILES string of the molecule is Cc1onc(CC(=O)N2CCOCC2)c1C#N. The number of nitriles is 1. The molecule has 0 saturated carbocycles. The Morgan fingerprint density at radius 3 is 2.88 bits per heavy atom. The van der Waals surface area contributed by atoms with E-state index in [2.05, 4.69) is 5.16 Å². The molecule has 1 fully saturated rings. The number of carbonyl (C=O) groups is 1. The fourth-order valence-corrected chi connectivity index (χ4v) is 1.75. The standard InChI is InChI=1S/C11H13N3O3/c1-8-9(7-12)10(13-17-8)6-11(15)14-2-4-16-5-3-14/h2-6H2,1H3. The zero-order valence-electron chi connectivity index (χ0n) is 9.60. The average molecular weight is 235 g/mol. The fraction of sp³-hybridized carbons (Fsp3) is 0.545. The maximum atomic E-state index is 11.9. The Hall–Kier alpha value is -1.87. The summed E-state index contributed by atoms with van der Waals surface area (Å²) in [7, 11) is 0. The van der Waals surface area contributed by atoms with Crippen molar-refractivity contribution in [3.05, 3.63) is 17.0 Å². The van der Waals surface area contributed by atoms with Crippen molar-refractivity contribution in [3.8, 4) is 6.07 Å². The second-order valence-electron chi connectivity index (χ2n) is 3.84. The van der Waals surface area contributed by atoms with Gasteiger partial charge in [0.2, 0.25) is 5.91 Å². The van der Waals surface area contributed by atoms with Gasteiger partial charge in [0.05, 0.1) is 19.6 Å². The third-order valence-electron chi connectivity index (χ3n) is 2.73. The lowest BCUT2D eigenvalue weighted by molar-refractivity contribution is -0.134. The van der Waals surface area contributed by atoms with Gasteiger partial charge in [-0.3, -0.25) is 4.79 Å². The predicted octanol–water partition coefficient (Wildman–Crippen LogP) is 0.256. The molecular formula is C11H13N3O3. The number of hydrogen-bond acceptors (Lipinski definition) is 5. The van der Waals surface area contributed by atoms with Crippen molar-refractivity contribution >= 4 is 5.91 Å². The topological polar surface area (TPSA) is 79.4 Å².